The van der Waals surface area contributed by atoms with Gasteiger partial charge in [-0.05, 0) is 0 Å². The molecular weight excluding hydrogens is 199 g/mol. The SMILES string of the molecule is [CH-]=CCC.[I-].[Mg+2]. The molecule has 0 aromatic heterocycles. The second-order valence-corrected chi connectivity index (χ2v) is 0.644. The molecule has 0 unspecified atom stereocenters. The van der Waals surface area contributed by atoms with Crippen molar-refractivity contribution in [1.29, 1.82) is 0 Å². The third kappa shape index (κ3) is 18.8. The zero-order chi connectivity index (χ0) is 3.41. The van der Waals surface area contributed by atoms with Crippen molar-refractivity contribution in [3.63, 3.8) is 0 Å². The Morgan fingerprint density at radius 3 is 1.83 bits per heavy atom. The van der Waals surface area contributed by atoms with Gasteiger partial charge >= 0.3 is 23.1 Å². The minimum absolute atomic E-state index is 0. The Balaban J connectivity index is -0.0000000450. The smallest absolute Gasteiger partial charge is 1.00 e. The first-order valence-electron chi connectivity index (χ1n) is 1.45. The molecule has 0 bridgehead atoms. The van der Waals surface area contributed by atoms with Crippen LogP contribution >= 0.6 is 0 Å². The van der Waals surface area contributed by atoms with Crippen molar-refractivity contribution in [2.24, 2.45) is 0 Å². The van der Waals surface area contributed by atoms with Crippen LogP contribution in [0.25, 0.3) is 0 Å². The second-order valence-electron chi connectivity index (χ2n) is 0.644. The van der Waals surface area contributed by atoms with Crippen LogP contribution in [0.1, 0.15) is 13.3 Å². The number of hydrogen-bond donors (Lipinski definition) is 0. The molecule has 0 saturated heterocycles. The number of allylic oxidation sites excluding steroid dienone is 1. The average molecular weight is 206 g/mol. The van der Waals surface area contributed by atoms with Gasteiger partial charge in [0.1, 0.15) is 0 Å². The van der Waals surface area contributed by atoms with Crippen molar-refractivity contribution in [3.05, 3.63) is 12.7 Å². The fraction of sp³-hybridized carbons (Fsp3) is 0.500. The van der Waals surface area contributed by atoms with E-state index in [2.05, 4.69) is 0 Å². The summed E-state index contributed by atoms with van der Waals surface area (Å²) in [6.07, 6.45) is 2.60. The monoisotopic (exact) mass is 206 g/mol. The molecule has 0 fully saturated rings. The van der Waals surface area contributed by atoms with Gasteiger partial charge in [-0.2, -0.15) is 0 Å². The van der Waals surface area contributed by atoms with E-state index in [4.69, 9.17) is 6.58 Å². The molecule has 0 aliphatic carbocycles. The van der Waals surface area contributed by atoms with Crippen molar-refractivity contribution in [2.75, 3.05) is 0 Å². The third-order valence-electron chi connectivity index (χ3n) is 0.236. The average Bonchev–Trinajstić information content (AvgIpc) is 1.37. The van der Waals surface area contributed by atoms with Gasteiger partial charge in [0.2, 0.25) is 0 Å². The van der Waals surface area contributed by atoms with Crippen LogP contribution in [-0.2, 0) is 0 Å². The molecule has 0 N–H and O–H groups in total. The molecule has 0 rings (SSSR count). The van der Waals surface area contributed by atoms with E-state index in [0.29, 0.717) is 0 Å². The van der Waals surface area contributed by atoms with Gasteiger partial charge < -0.3 is 30.6 Å². The van der Waals surface area contributed by atoms with Gasteiger partial charge in [-0.1, -0.05) is 13.3 Å². The van der Waals surface area contributed by atoms with Crippen LogP contribution in [-0.4, -0.2) is 23.1 Å². The Bertz CT molecular complexity index is 21.5. The van der Waals surface area contributed by atoms with Gasteiger partial charge in [0, 0.05) is 0 Å². The van der Waals surface area contributed by atoms with Gasteiger partial charge in [0.25, 0.3) is 0 Å². The maximum Gasteiger partial charge on any atom is 2.00 e. The van der Waals surface area contributed by atoms with Crippen molar-refractivity contribution in [2.45, 2.75) is 13.3 Å². The molecule has 0 nitrogen and oxygen atoms in total. The van der Waals surface area contributed by atoms with E-state index in [0.717, 1.165) is 6.42 Å². The van der Waals surface area contributed by atoms with Crippen molar-refractivity contribution in [1.82, 2.24) is 0 Å². The summed E-state index contributed by atoms with van der Waals surface area (Å²) in [5.41, 5.74) is 0. The van der Waals surface area contributed by atoms with Crippen LogP contribution in [0.2, 0.25) is 0 Å². The van der Waals surface area contributed by atoms with Crippen molar-refractivity contribution < 1.29 is 24.0 Å². The van der Waals surface area contributed by atoms with E-state index in [-0.39, 0.29) is 47.0 Å². The Kier molecular flexibility index (Phi) is 42.7. The van der Waals surface area contributed by atoms with Gasteiger partial charge in [0.05, 0.1) is 0 Å². The first-order valence-corrected chi connectivity index (χ1v) is 1.45. The van der Waals surface area contributed by atoms with Gasteiger partial charge in [-0.3, -0.25) is 6.08 Å². The van der Waals surface area contributed by atoms with E-state index in [1.54, 1.807) is 6.08 Å². The summed E-state index contributed by atoms with van der Waals surface area (Å²) in [6.45, 7) is 6.90. The standard InChI is InChI=1S/C4H7.HI.Mg/c1-3-4-2;;/h1,3H,4H2,2H3;1H;/q-1;;+2/p-1. The van der Waals surface area contributed by atoms with E-state index >= 15 is 0 Å². The molecule has 0 amide bonds. The summed E-state index contributed by atoms with van der Waals surface area (Å²) in [4.78, 5) is 0. The van der Waals surface area contributed by atoms with E-state index in [1.165, 1.54) is 0 Å². The van der Waals surface area contributed by atoms with Crippen LogP contribution in [0.5, 0.6) is 0 Å². The number of rotatable bonds is 1. The predicted molar refractivity (Wildman–Crippen MR) is 24.9 cm³/mol. The Morgan fingerprint density at radius 2 is 1.83 bits per heavy atom. The Hall–Kier alpha value is 1.24. The van der Waals surface area contributed by atoms with Gasteiger partial charge in [-0.25, -0.2) is 0 Å². The van der Waals surface area contributed by atoms with Crippen LogP contribution < -0.4 is 24.0 Å². The molecule has 32 valence electrons. The van der Waals surface area contributed by atoms with Crippen molar-refractivity contribution in [3.8, 4) is 0 Å². The molecule has 0 aromatic carbocycles. The molecule has 6 heavy (non-hydrogen) atoms. The molecular formula is C4H7IMg. The molecule has 0 aliphatic rings. The zero-order valence-corrected chi connectivity index (χ0v) is 7.52. The number of hydrogen-bond acceptors (Lipinski definition) is 0. The van der Waals surface area contributed by atoms with E-state index < -0.39 is 0 Å². The van der Waals surface area contributed by atoms with E-state index in [1.807, 2.05) is 6.92 Å². The minimum Gasteiger partial charge on any atom is -1.00 e. The third-order valence-corrected chi connectivity index (χ3v) is 0.236. The quantitative estimate of drug-likeness (QED) is 0.265. The largest absolute Gasteiger partial charge is 2.00 e. The summed E-state index contributed by atoms with van der Waals surface area (Å²) in [7, 11) is 0. The fourth-order valence-corrected chi connectivity index (χ4v) is 0. The normalized spacial score (nSPS) is 4.17. The fourth-order valence-electron chi connectivity index (χ4n) is 0. The molecule has 0 spiro atoms. The topological polar surface area (TPSA) is 0 Å². The van der Waals surface area contributed by atoms with Crippen LogP contribution in [0, 0.1) is 6.58 Å². The summed E-state index contributed by atoms with van der Waals surface area (Å²) >= 11 is 0. The molecule has 2 heteroatoms. The van der Waals surface area contributed by atoms with Gasteiger partial charge in [0.15, 0.2) is 0 Å². The van der Waals surface area contributed by atoms with Crippen molar-refractivity contribution >= 4 is 23.1 Å². The van der Waals surface area contributed by atoms with Crippen LogP contribution in [0.4, 0.5) is 0 Å². The zero-order valence-electron chi connectivity index (χ0n) is 3.95. The Labute approximate surface area is 72.6 Å². The predicted octanol–water partition coefficient (Wildman–Crippen LogP) is -1.99. The van der Waals surface area contributed by atoms with Gasteiger partial charge in [-0.15, -0.1) is 0 Å². The maximum absolute atomic E-state index is 4.90. The van der Waals surface area contributed by atoms with E-state index in [9.17, 15) is 0 Å². The summed E-state index contributed by atoms with van der Waals surface area (Å²) in [6, 6.07) is 0. The Morgan fingerprint density at radius 1 is 1.67 bits per heavy atom. The second kappa shape index (κ2) is 16.3. The molecule has 0 aromatic rings. The first kappa shape index (κ1) is 15.7. The molecule has 0 radical (unpaired) electrons. The molecule has 0 heterocycles. The molecule has 0 aliphatic heterocycles. The minimum atomic E-state index is 0. The molecule has 0 saturated carbocycles. The number of halogens is 1. The summed E-state index contributed by atoms with van der Waals surface area (Å²) in [5, 5.41) is 0. The molecule has 0 atom stereocenters. The summed E-state index contributed by atoms with van der Waals surface area (Å²) < 4.78 is 0. The summed E-state index contributed by atoms with van der Waals surface area (Å²) in [5.74, 6) is 0. The maximum atomic E-state index is 4.90. The van der Waals surface area contributed by atoms with Crippen LogP contribution in [0.3, 0.4) is 0 Å². The van der Waals surface area contributed by atoms with Crippen LogP contribution in [0.15, 0.2) is 6.08 Å². The first-order chi connectivity index (χ1) is 1.91.